The first kappa shape index (κ1) is 24.3. The highest BCUT2D eigenvalue weighted by Gasteiger charge is 2.27. The minimum absolute atomic E-state index is 0.0813. The van der Waals surface area contributed by atoms with Crippen LogP contribution in [0.1, 0.15) is 37.4 Å². The van der Waals surface area contributed by atoms with Crippen molar-refractivity contribution in [3.63, 3.8) is 0 Å². The fourth-order valence-electron chi connectivity index (χ4n) is 3.45. The van der Waals surface area contributed by atoms with Gasteiger partial charge in [-0.2, -0.15) is 0 Å². The largest absolute Gasteiger partial charge is 0.473 e. The Kier molecular flexibility index (Phi) is 7.30. The Balaban J connectivity index is 1.64. The van der Waals surface area contributed by atoms with E-state index in [1.807, 2.05) is 0 Å². The van der Waals surface area contributed by atoms with Crippen LogP contribution in [0.25, 0.3) is 0 Å². The van der Waals surface area contributed by atoms with Gasteiger partial charge in [-0.3, -0.25) is 10.1 Å². The fraction of sp³-hybridized carbons (Fsp3) is 0.217. The minimum Gasteiger partial charge on any atom is -0.473 e. The summed E-state index contributed by atoms with van der Waals surface area (Å²) in [6.07, 6.45) is 5.77. The number of halogens is 3. The number of thiazole rings is 1. The lowest BCUT2D eigenvalue weighted by Crippen LogP contribution is -2.26. The summed E-state index contributed by atoms with van der Waals surface area (Å²) >= 11 is 6.77. The Morgan fingerprint density at radius 2 is 1.94 bits per heavy atom. The standard InChI is InChI=1S/C23H18ClF2N2O4S2/c24-20-13-27-23(33-20)28-22(29)21(32-19-11-8-15(25)12-18(19)26)14-6-9-17(10-7-14)34(30,31)16-4-2-1-3-5-16/h4,6-12,21H,1-3,5H2,(H,27,28,29). The van der Waals surface area contributed by atoms with E-state index in [1.165, 1.54) is 24.3 Å². The van der Waals surface area contributed by atoms with Crippen molar-refractivity contribution in [2.24, 2.45) is 0 Å². The number of hydrogen-bond donors (Lipinski definition) is 1. The first-order valence-corrected chi connectivity index (χ1v) is 12.9. The summed E-state index contributed by atoms with van der Waals surface area (Å²) in [5.41, 5.74) is 0.254. The number of rotatable bonds is 7. The molecular weight excluding hydrogens is 506 g/mol. The highest BCUT2D eigenvalue weighted by molar-refractivity contribution is 7.95. The SMILES string of the molecule is O=C(Nc1n[c]c(Cl)s1)C(Oc1ccc(F)cc1F)c1ccc(S(=O)(=O)C2=CCCCC2)cc1. The van der Waals surface area contributed by atoms with Gasteiger partial charge in [-0.05, 0) is 49.9 Å². The van der Waals surface area contributed by atoms with Gasteiger partial charge in [0, 0.05) is 16.5 Å². The molecule has 6 nitrogen and oxygen atoms in total. The molecule has 3 aromatic rings. The summed E-state index contributed by atoms with van der Waals surface area (Å²) in [6.45, 7) is 0. The smallest absolute Gasteiger partial charge is 0.271 e. The molecule has 4 rings (SSSR count). The molecule has 1 aliphatic rings. The number of benzene rings is 2. The number of aromatic nitrogens is 1. The van der Waals surface area contributed by atoms with E-state index in [4.69, 9.17) is 16.3 Å². The fourth-order valence-corrected chi connectivity index (χ4v) is 5.76. The summed E-state index contributed by atoms with van der Waals surface area (Å²) in [5, 5.41) is 2.66. The molecule has 2 aromatic carbocycles. The van der Waals surface area contributed by atoms with Gasteiger partial charge in [0.1, 0.15) is 16.4 Å². The van der Waals surface area contributed by atoms with Crippen molar-refractivity contribution in [3.05, 3.63) is 81.2 Å². The molecule has 0 aliphatic heterocycles. The van der Waals surface area contributed by atoms with Crippen molar-refractivity contribution in [3.8, 4) is 5.75 Å². The maximum absolute atomic E-state index is 14.2. The van der Waals surface area contributed by atoms with Crippen LogP contribution in [0.2, 0.25) is 4.34 Å². The van der Waals surface area contributed by atoms with Crippen molar-refractivity contribution in [1.82, 2.24) is 4.98 Å². The first-order chi connectivity index (χ1) is 16.2. The molecule has 1 aromatic heterocycles. The molecule has 1 radical (unpaired) electrons. The number of ether oxygens (including phenoxy) is 1. The number of amides is 1. The van der Waals surface area contributed by atoms with Gasteiger partial charge in [0.15, 0.2) is 16.7 Å². The van der Waals surface area contributed by atoms with Gasteiger partial charge in [0.25, 0.3) is 5.91 Å². The van der Waals surface area contributed by atoms with Gasteiger partial charge in [-0.25, -0.2) is 22.2 Å². The normalized spacial score (nSPS) is 14.9. The maximum atomic E-state index is 14.2. The molecule has 1 N–H and O–H groups in total. The average molecular weight is 524 g/mol. The highest BCUT2D eigenvalue weighted by Crippen LogP contribution is 2.31. The van der Waals surface area contributed by atoms with E-state index in [9.17, 15) is 22.0 Å². The van der Waals surface area contributed by atoms with Gasteiger partial charge in [-0.1, -0.05) is 41.1 Å². The summed E-state index contributed by atoms with van der Waals surface area (Å²) in [6, 6.07) is 8.28. The van der Waals surface area contributed by atoms with Gasteiger partial charge >= 0.3 is 0 Å². The second kappa shape index (κ2) is 10.2. The molecule has 177 valence electrons. The third kappa shape index (κ3) is 5.45. The van der Waals surface area contributed by atoms with E-state index in [-0.39, 0.29) is 25.7 Å². The number of carbonyl (C=O) groups excluding carboxylic acids is 1. The summed E-state index contributed by atoms with van der Waals surface area (Å²) in [5.74, 6) is -2.86. The van der Waals surface area contributed by atoms with Crippen molar-refractivity contribution in [2.75, 3.05) is 5.32 Å². The molecule has 0 saturated heterocycles. The molecule has 11 heteroatoms. The maximum Gasteiger partial charge on any atom is 0.271 e. The van der Waals surface area contributed by atoms with Crippen molar-refractivity contribution in [1.29, 1.82) is 0 Å². The Hall–Kier alpha value is -2.82. The quantitative estimate of drug-likeness (QED) is 0.419. The first-order valence-electron chi connectivity index (χ1n) is 10.2. The molecular formula is C23H18ClF2N2O4S2. The lowest BCUT2D eigenvalue weighted by Gasteiger charge is -2.19. The molecule has 1 amide bonds. The van der Waals surface area contributed by atoms with E-state index < -0.39 is 33.5 Å². The number of hydrogen-bond acceptors (Lipinski definition) is 6. The molecule has 0 saturated carbocycles. The van der Waals surface area contributed by atoms with Crippen LogP contribution in [0.5, 0.6) is 5.75 Å². The zero-order valence-electron chi connectivity index (χ0n) is 17.6. The van der Waals surface area contributed by atoms with Crippen LogP contribution in [-0.4, -0.2) is 19.3 Å². The Labute approximate surface area is 204 Å². The number of nitrogens with zero attached hydrogens (tertiary/aromatic N) is 1. The van der Waals surface area contributed by atoms with Crippen LogP contribution >= 0.6 is 22.9 Å². The molecule has 1 heterocycles. The van der Waals surface area contributed by atoms with E-state index in [0.29, 0.717) is 23.8 Å². The number of anilines is 1. The number of carbonyl (C=O) groups is 1. The zero-order chi connectivity index (χ0) is 24.3. The van der Waals surface area contributed by atoms with Crippen molar-refractivity contribution >= 4 is 43.8 Å². The average Bonchev–Trinajstić information content (AvgIpc) is 3.23. The Bertz CT molecular complexity index is 1340. The van der Waals surface area contributed by atoms with Crippen LogP contribution in [-0.2, 0) is 14.6 Å². The predicted molar refractivity (Wildman–Crippen MR) is 124 cm³/mol. The highest BCUT2D eigenvalue weighted by atomic mass is 35.5. The lowest BCUT2D eigenvalue weighted by molar-refractivity contribution is -0.123. The molecule has 0 bridgehead atoms. The van der Waals surface area contributed by atoms with E-state index in [0.717, 1.165) is 36.3 Å². The van der Waals surface area contributed by atoms with Crippen molar-refractivity contribution in [2.45, 2.75) is 36.7 Å². The third-order valence-corrected chi connectivity index (χ3v) is 8.05. The van der Waals surface area contributed by atoms with Gasteiger partial charge in [0.05, 0.1) is 4.90 Å². The number of allylic oxidation sites excluding steroid dienone is 2. The molecule has 1 atom stereocenters. The minimum atomic E-state index is -3.65. The van der Waals surface area contributed by atoms with Crippen LogP contribution in [0, 0.1) is 17.8 Å². The van der Waals surface area contributed by atoms with Gasteiger partial charge < -0.3 is 4.74 Å². The summed E-state index contributed by atoms with van der Waals surface area (Å²) < 4.78 is 59.2. The number of sulfone groups is 1. The van der Waals surface area contributed by atoms with E-state index in [2.05, 4.69) is 16.5 Å². The monoisotopic (exact) mass is 523 g/mol. The Morgan fingerprint density at radius 3 is 2.56 bits per heavy atom. The topological polar surface area (TPSA) is 85.4 Å². The molecule has 0 spiro atoms. The summed E-state index contributed by atoms with van der Waals surface area (Å²) in [7, 11) is -3.65. The lowest BCUT2D eigenvalue weighted by atomic mass is 10.1. The Morgan fingerprint density at radius 1 is 1.18 bits per heavy atom. The second-order valence-corrected chi connectivity index (χ2v) is 11.1. The summed E-state index contributed by atoms with van der Waals surface area (Å²) in [4.78, 5) is 17.3. The molecule has 34 heavy (non-hydrogen) atoms. The van der Waals surface area contributed by atoms with Crippen molar-refractivity contribution < 1.29 is 26.7 Å². The predicted octanol–water partition coefficient (Wildman–Crippen LogP) is 5.87. The third-order valence-electron chi connectivity index (χ3n) is 5.13. The second-order valence-electron chi connectivity index (χ2n) is 7.46. The molecule has 0 fully saturated rings. The number of nitrogens with one attached hydrogen (secondary N) is 1. The molecule has 1 unspecified atom stereocenters. The van der Waals surface area contributed by atoms with E-state index >= 15 is 0 Å². The van der Waals surface area contributed by atoms with Gasteiger partial charge in [0.2, 0.25) is 15.9 Å². The molecule has 1 aliphatic carbocycles. The van der Waals surface area contributed by atoms with Crippen LogP contribution in [0.3, 0.4) is 0 Å². The van der Waals surface area contributed by atoms with E-state index in [1.54, 1.807) is 6.08 Å². The zero-order valence-corrected chi connectivity index (χ0v) is 19.9. The van der Waals surface area contributed by atoms with Crippen LogP contribution in [0.15, 0.2) is 58.3 Å². The van der Waals surface area contributed by atoms with Crippen LogP contribution in [0.4, 0.5) is 13.9 Å². The van der Waals surface area contributed by atoms with Crippen LogP contribution < -0.4 is 10.1 Å². The van der Waals surface area contributed by atoms with Gasteiger partial charge in [-0.15, -0.1) is 0 Å².